The van der Waals surface area contributed by atoms with Gasteiger partial charge in [-0.1, -0.05) is 32.9 Å². The van der Waals surface area contributed by atoms with Gasteiger partial charge in [-0.2, -0.15) is 0 Å². The third-order valence-corrected chi connectivity index (χ3v) is 2.16. The van der Waals surface area contributed by atoms with Gasteiger partial charge < -0.3 is 10.8 Å². The molecule has 2 nitrogen and oxygen atoms in total. The number of aromatic hydroxyl groups is 1. The number of benzene rings is 1. The SMILES string of the molecule is CC(C)(C)c1cccc(O)c1CN. The minimum Gasteiger partial charge on any atom is -0.508 e. The van der Waals surface area contributed by atoms with Gasteiger partial charge in [0.05, 0.1) is 0 Å². The Hall–Kier alpha value is -1.02. The van der Waals surface area contributed by atoms with Crippen LogP contribution in [-0.4, -0.2) is 5.11 Å². The van der Waals surface area contributed by atoms with Crippen LogP contribution >= 0.6 is 0 Å². The zero-order chi connectivity index (χ0) is 10.1. The van der Waals surface area contributed by atoms with Gasteiger partial charge in [0, 0.05) is 12.1 Å². The molecule has 0 saturated heterocycles. The van der Waals surface area contributed by atoms with Gasteiger partial charge in [0.1, 0.15) is 5.75 Å². The zero-order valence-electron chi connectivity index (χ0n) is 8.46. The summed E-state index contributed by atoms with van der Waals surface area (Å²) in [6.45, 7) is 6.72. The molecular weight excluding hydrogens is 162 g/mol. The minimum absolute atomic E-state index is 0.0352. The molecule has 3 N–H and O–H groups in total. The average molecular weight is 179 g/mol. The lowest BCUT2D eigenvalue weighted by Crippen LogP contribution is -2.15. The van der Waals surface area contributed by atoms with Crippen molar-refractivity contribution >= 4 is 0 Å². The molecule has 0 aliphatic rings. The second-order valence-corrected chi connectivity index (χ2v) is 4.26. The number of hydrogen-bond acceptors (Lipinski definition) is 2. The first-order valence-electron chi connectivity index (χ1n) is 4.48. The number of phenols is 1. The number of rotatable bonds is 1. The maximum absolute atomic E-state index is 9.57. The van der Waals surface area contributed by atoms with Crippen LogP contribution in [0.25, 0.3) is 0 Å². The van der Waals surface area contributed by atoms with E-state index in [1.807, 2.05) is 12.1 Å². The first kappa shape index (κ1) is 10.1. The Labute approximate surface area is 79.4 Å². The van der Waals surface area contributed by atoms with Crippen molar-refractivity contribution in [3.8, 4) is 5.75 Å². The van der Waals surface area contributed by atoms with E-state index in [0.717, 1.165) is 11.1 Å². The molecule has 0 atom stereocenters. The van der Waals surface area contributed by atoms with Crippen LogP contribution in [0, 0.1) is 0 Å². The standard InChI is InChI=1S/C11H17NO/c1-11(2,3)9-5-4-6-10(13)8(9)7-12/h4-6,13H,7,12H2,1-3H3. The van der Waals surface area contributed by atoms with Crippen molar-refractivity contribution in [2.45, 2.75) is 32.7 Å². The molecule has 13 heavy (non-hydrogen) atoms. The maximum atomic E-state index is 9.57. The normalized spacial score (nSPS) is 11.7. The highest BCUT2D eigenvalue weighted by Crippen LogP contribution is 2.30. The largest absolute Gasteiger partial charge is 0.508 e. The highest BCUT2D eigenvalue weighted by molar-refractivity contribution is 5.42. The summed E-state index contributed by atoms with van der Waals surface area (Å²) in [5.74, 6) is 0.301. The van der Waals surface area contributed by atoms with Gasteiger partial charge in [-0.05, 0) is 17.0 Å². The molecule has 0 aliphatic heterocycles. The van der Waals surface area contributed by atoms with Crippen molar-refractivity contribution in [1.29, 1.82) is 0 Å². The van der Waals surface area contributed by atoms with Crippen LogP contribution in [0.3, 0.4) is 0 Å². The summed E-state index contributed by atoms with van der Waals surface area (Å²) in [6, 6.07) is 5.55. The summed E-state index contributed by atoms with van der Waals surface area (Å²) < 4.78 is 0. The maximum Gasteiger partial charge on any atom is 0.120 e. The first-order valence-corrected chi connectivity index (χ1v) is 4.48. The lowest BCUT2D eigenvalue weighted by molar-refractivity contribution is 0.462. The van der Waals surface area contributed by atoms with Crippen LogP contribution in [0.15, 0.2) is 18.2 Å². The molecule has 0 aromatic heterocycles. The van der Waals surface area contributed by atoms with E-state index in [2.05, 4.69) is 20.8 Å². The number of nitrogens with two attached hydrogens (primary N) is 1. The van der Waals surface area contributed by atoms with E-state index in [-0.39, 0.29) is 5.41 Å². The molecule has 0 radical (unpaired) electrons. The van der Waals surface area contributed by atoms with E-state index < -0.39 is 0 Å². The fourth-order valence-corrected chi connectivity index (χ4v) is 1.49. The Morgan fingerprint density at radius 3 is 2.31 bits per heavy atom. The second-order valence-electron chi connectivity index (χ2n) is 4.26. The number of hydrogen-bond donors (Lipinski definition) is 2. The van der Waals surface area contributed by atoms with Gasteiger partial charge in [0.25, 0.3) is 0 Å². The molecular formula is C11H17NO. The molecule has 1 rings (SSSR count). The van der Waals surface area contributed by atoms with Gasteiger partial charge in [-0.15, -0.1) is 0 Å². The van der Waals surface area contributed by atoms with Crippen LogP contribution in [0.5, 0.6) is 5.75 Å². The summed E-state index contributed by atoms with van der Waals surface area (Å²) in [5, 5.41) is 9.57. The Kier molecular flexibility index (Phi) is 2.62. The van der Waals surface area contributed by atoms with E-state index in [4.69, 9.17) is 5.73 Å². The molecule has 0 saturated carbocycles. The fraction of sp³-hybridized carbons (Fsp3) is 0.455. The Balaban J connectivity index is 3.29. The van der Waals surface area contributed by atoms with E-state index >= 15 is 0 Å². The van der Waals surface area contributed by atoms with Crippen molar-refractivity contribution in [2.24, 2.45) is 5.73 Å². The van der Waals surface area contributed by atoms with Crippen LogP contribution < -0.4 is 5.73 Å². The van der Waals surface area contributed by atoms with E-state index in [1.54, 1.807) is 6.07 Å². The van der Waals surface area contributed by atoms with Crippen molar-refractivity contribution < 1.29 is 5.11 Å². The molecule has 1 aromatic rings. The average Bonchev–Trinajstić information content (AvgIpc) is 2.02. The Morgan fingerprint density at radius 2 is 1.92 bits per heavy atom. The molecule has 72 valence electrons. The minimum atomic E-state index is 0.0352. The van der Waals surface area contributed by atoms with Crippen molar-refractivity contribution in [3.63, 3.8) is 0 Å². The van der Waals surface area contributed by atoms with Crippen molar-refractivity contribution in [3.05, 3.63) is 29.3 Å². The first-order chi connectivity index (χ1) is 5.96. The van der Waals surface area contributed by atoms with Crippen molar-refractivity contribution in [2.75, 3.05) is 0 Å². The molecule has 2 heteroatoms. The fourth-order valence-electron chi connectivity index (χ4n) is 1.49. The van der Waals surface area contributed by atoms with Crippen LogP contribution in [0.4, 0.5) is 0 Å². The van der Waals surface area contributed by atoms with Gasteiger partial charge in [-0.25, -0.2) is 0 Å². The predicted molar refractivity (Wildman–Crippen MR) is 54.7 cm³/mol. The van der Waals surface area contributed by atoms with Gasteiger partial charge in [0.15, 0.2) is 0 Å². The predicted octanol–water partition coefficient (Wildman–Crippen LogP) is 2.15. The molecule has 0 heterocycles. The monoisotopic (exact) mass is 179 g/mol. The molecule has 0 unspecified atom stereocenters. The van der Waals surface area contributed by atoms with Gasteiger partial charge >= 0.3 is 0 Å². The second kappa shape index (κ2) is 3.38. The topological polar surface area (TPSA) is 46.2 Å². The molecule has 0 bridgehead atoms. The van der Waals surface area contributed by atoms with Gasteiger partial charge in [-0.3, -0.25) is 0 Å². The third-order valence-electron chi connectivity index (χ3n) is 2.16. The van der Waals surface area contributed by atoms with Crippen molar-refractivity contribution in [1.82, 2.24) is 0 Å². The summed E-state index contributed by atoms with van der Waals surface area (Å²) >= 11 is 0. The Morgan fingerprint density at radius 1 is 1.31 bits per heavy atom. The van der Waals surface area contributed by atoms with E-state index in [1.165, 1.54) is 0 Å². The summed E-state index contributed by atoms with van der Waals surface area (Å²) in [5.41, 5.74) is 7.60. The third kappa shape index (κ3) is 2.01. The molecule has 0 fully saturated rings. The van der Waals surface area contributed by atoms with E-state index in [0.29, 0.717) is 12.3 Å². The molecule has 1 aromatic carbocycles. The van der Waals surface area contributed by atoms with E-state index in [9.17, 15) is 5.11 Å². The molecule has 0 amide bonds. The lowest BCUT2D eigenvalue weighted by Gasteiger charge is -2.22. The highest BCUT2D eigenvalue weighted by Gasteiger charge is 2.18. The summed E-state index contributed by atoms with van der Waals surface area (Å²) in [7, 11) is 0. The molecule has 0 aliphatic carbocycles. The van der Waals surface area contributed by atoms with Crippen LogP contribution in [0.1, 0.15) is 31.9 Å². The zero-order valence-corrected chi connectivity index (χ0v) is 8.46. The van der Waals surface area contributed by atoms with Gasteiger partial charge in [0.2, 0.25) is 0 Å². The number of phenolic OH excluding ortho intramolecular Hbond substituents is 1. The molecule has 0 spiro atoms. The summed E-state index contributed by atoms with van der Waals surface area (Å²) in [4.78, 5) is 0. The highest BCUT2D eigenvalue weighted by atomic mass is 16.3. The smallest absolute Gasteiger partial charge is 0.120 e. The van der Waals surface area contributed by atoms with Crippen LogP contribution in [-0.2, 0) is 12.0 Å². The lowest BCUT2D eigenvalue weighted by atomic mass is 9.83. The quantitative estimate of drug-likeness (QED) is 0.694. The summed E-state index contributed by atoms with van der Waals surface area (Å²) in [6.07, 6.45) is 0. The Bertz CT molecular complexity index is 299. The van der Waals surface area contributed by atoms with Crippen LogP contribution in [0.2, 0.25) is 0 Å².